The van der Waals surface area contributed by atoms with Crippen LogP contribution in [0.15, 0.2) is 0 Å². The summed E-state index contributed by atoms with van der Waals surface area (Å²) < 4.78 is 35.6. The molecule has 1 rings (SSSR count). The number of carbonyl (C=O) groups is 1. The third-order valence-corrected chi connectivity index (χ3v) is 3.52. The second kappa shape index (κ2) is 5.23. The number of rotatable bonds is 3. The molecule has 1 aliphatic rings. The summed E-state index contributed by atoms with van der Waals surface area (Å²) in [7, 11) is 0. The van der Waals surface area contributed by atoms with Gasteiger partial charge in [-0.3, -0.25) is 4.79 Å². The van der Waals surface area contributed by atoms with Crippen molar-refractivity contribution >= 4 is 17.5 Å². The second-order valence-corrected chi connectivity index (χ2v) is 5.29. The number of thioether (sulfide) groups is 1. The van der Waals surface area contributed by atoms with E-state index in [1.54, 1.807) is 0 Å². The molecular formula is C10H15F3OS. The van der Waals surface area contributed by atoms with Gasteiger partial charge in [-0.25, -0.2) is 0 Å². The molecule has 0 aliphatic heterocycles. The molecule has 88 valence electrons. The van der Waals surface area contributed by atoms with E-state index in [4.69, 9.17) is 0 Å². The number of Topliss-reactive ketones (excluding diaryl/α,β-unsaturated/α-hetero) is 1. The zero-order valence-electron chi connectivity index (χ0n) is 8.64. The molecule has 1 saturated carbocycles. The van der Waals surface area contributed by atoms with Crippen molar-refractivity contribution in [3.63, 3.8) is 0 Å². The highest BCUT2D eigenvalue weighted by Crippen LogP contribution is 2.34. The van der Waals surface area contributed by atoms with E-state index in [-0.39, 0.29) is 29.2 Å². The SMILES string of the molecule is CC1CCC(=O)C(CCSC(F)(F)F)C1. The molecule has 2 atom stereocenters. The molecule has 2 unspecified atom stereocenters. The summed E-state index contributed by atoms with van der Waals surface area (Å²) in [5, 5.41) is 0. The van der Waals surface area contributed by atoms with Crippen LogP contribution < -0.4 is 0 Å². The van der Waals surface area contributed by atoms with Crippen molar-refractivity contribution < 1.29 is 18.0 Å². The monoisotopic (exact) mass is 240 g/mol. The predicted octanol–water partition coefficient (Wildman–Crippen LogP) is 3.63. The third kappa shape index (κ3) is 4.91. The molecule has 0 aromatic carbocycles. The standard InChI is InChI=1S/C10H15F3OS/c1-7-2-3-9(14)8(6-7)4-5-15-10(11,12)13/h7-8H,2-6H2,1H3. The average Bonchev–Trinajstić information content (AvgIpc) is 2.09. The van der Waals surface area contributed by atoms with E-state index in [2.05, 4.69) is 6.92 Å². The number of hydrogen-bond donors (Lipinski definition) is 0. The molecule has 0 N–H and O–H groups in total. The van der Waals surface area contributed by atoms with Gasteiger partial charge in [-0.05, 0) is 25.2 Å². The van der Waals surface area contributed by atoms with E-state index in [1.807, 2.05) is 0 Å². The third-order valence-electron chi connectivity index (χ3n) is 2.76. The fourth-order valence-corrected chi connectivity index (χ4v) is 2.56. The van der Waals surface area contributed by atoms with Gasteiger partial charge in [-0.1, -0.05) is 18.7 Å². The maximum absolute atomic E-state index is 11.9. The fraction of sp³-hybridized carbons (Fsp3) is 0.900. The minimum atomic E-state index is -4.16. The molecule has 0 saturated heterocycles. The Balaban J connectivity index is 2.28. The average molecular weight is 240 g/mol. The van der Waals surface area contributed by atoms with Crippen LogP contribution in [0.5, 0.6) is 0 Å². The summed E-state index contributed by atoms with van der Waals surface area (Å²) in [5.74, 6) is 0.496. The molecule has 1 fully saturated rings. The van der Waals surface area contributed by atoms with Crippen LogP contribution in [0.1, 0.15) is 32.6 Å². The molecule has 0 aromatic heterocycles. The van der Waals surface area contributed by atoms with Crippen LogP contribution in [0.25, 0.3) is 0 Å². The molecule has 0 spiro atoms. The number of alkyl halides is 3. The topological polar surface area (TPSA) is 17.1 Å². The van der Waals surface area contributed by atoms with Gasteiger partial charge in [0, 0.05) is 18.1 Å². The van der Waals surface area contributed by atoms with Gasteiger partial charge in [-0.2, -0.15) is 13.2 Å². The lowest BCUT2D eigenvalue weighted by Crippen LogP contribution is -2.24. The van der Waals surface area contributed by atoms with Crippen molar-refractivity contribution in [3.8, 4) is 0 Å². The first-order valence-electron chi connectivity index (χ1n) is 5.12. The number of halogens is 3. The van der Waals surface area contributed by atoms with Crippen molar-refractivity contribution in [2.24, 2.45) is 11.8 Å². The lowest BCUT2D eigenvalue weighted by Gasteiger charge is -2.25. The summed E-state index contributed by atoms with van der Waals surface area (Å²) >= 11 is -0.0217. The zero-order valence-corrected chi connectivity index (χ0v) is 9.46. The summed E-state index contributed by atoms with van der Waals surface area (Å²) in [5.41, 5.74) is -4.16. The van der Waals surface area contributed by atoms with Crippen molar-refractivity contribution in [1.82, 2.24) is 0 Å². The largest absolute Gasteiger partial charge is 0.441 e. The Labute approximate surface area is 91.8 Å². The van der Waals surface area contributed by atoms with E-state index in [1.165, 1.54) is 0 Å². The smallest absolute Gasteiger partial charge is 0.299 e. The fourth-order valence-electron chi connectivity index (χ4n) is 1.92. The van der Waals surface area contributed by atoms with Crippen LogP contribution in [0.2, 0.25) is 0 Å². The summed E-state index contributed by atoms with van der Waals surface area (Å²) in [4.78, 5) is 11.4. The molecule has 15 heavy (non-hydrogen) atoms. The molecule has 0 heterocycles. The van der Waals surface area contributed by atoms with Crippen LogP contribution in [0.3, 0.4) is 0 Å². The van der Waals surface area contributed by atoms with Crippen LogP contribution in [0.4, 0.5) is 13.2 Å². The van der Waals surface area contributed by atoms with E-state index in [9.17, 15) is 18.0 Å². The maximum Gasteiger partial charge on any atom is 0.441 e. The molecule has 0 amide bonds. The van der Waals surface area contributed by atoms with Crippen molar-refractivity contribution in [3.05, 3.63) is 0 Å². The molecular weight excluding hydrogens is 225 g/mol. The molecule has 5 heteroatoms. The Morgan fingerprint density at radius 2 is 2.13 bits per heavy atom. The van der Waals surface area contributed by atoms with Crippen LogP contribution in [-0.2, 0) is 4.79 Å². The normalized spacial score (nSPS) is 28.1. The van der Waals surface area contributed by atoms with E-state index in [0.717, 1.165) is 12.8 Å². The van der Waals surface area contributed by atoms with Crippen molar-refractivity contribution in [2.75, 3.05) is 5.75 Å². The number of hydrogen-bond acceptors (Lipinski definition) is 2. The van der Waals surface area contributed by atoms with E-state index in [0.29, 0.717) is 18.8 Å². The van der Waals surface area contributed by atoms with Crippen LogP contribution in [-0.4, -0.2) is 17.0 Å². The van der Waals surface area contributed by atoms with E-state index < -0.39 is 5.51 Å². The Morgan fingerprint density at radius 3 is 2.73 bits per heavy atom. The van der Waals surface area contributed by atoms with Gasteiger partial charge in [0.2, 0.25) is 0 Å². The molecule has 0 bridgehead atoms. The van der Waals surface area contributed by atoms with Gasteiger partial charge >= 0.3 is 5.51 Å². The lowest BCUT2D eigenvalue weighted by atomic mass is 9.80. The van der Waals surface area contributed by atoms with Gasteiger partial charge < -0.3 is 0 Å². The summed E-state index contributed by atoms with van der Waals surface area (Å²) in [6, 6.07) is 0. The summed E-state index contributed by atoms with van der Waals surface area (Å²) in [6.45, 7) is 2.05. The Morgan fingerprint density at radius 1 is 1.47 bits per heavy atom. The summed E-state index contributed by atoms with van der Waals surface area (Å²) in [6.07, 6.45) is 2.56. The highest BCUT2D eigenvalue weighted by molar-refractivity contribution is 8.00. The predicted molar refractivity (Wildman–Crippen MR) is 54.6 cm³/mol. The maximum atomic E-state index is 11.9. The Bertz CT molecular complexity index is 227. The minimum absolute atomic E-state index is 0.00657. The van der Waals surface area contributed by atoms with Gasteiger partial charge in [0.25, 0.3) is 0 Å². The lowest BCUT2D eigenvalue weighted by molar-refractivity contribution is -0.125. The highest BCUT2D eigenvalue weighted by Gasteiger charge is 2.30. The van der Waals surface area contributed by atoms with Gasteiger partial charge in [-0.15, -0.1) is 0 Å². The van der Waals surface area contributed by atoms with Gasteiger partial charge in [0.1, 0.15) is 5.78 Å². The molecule has 1 aliphatic carbocycles. The van der Waals surface area contributed by atoms with Crippen LogP contribution >= 0.6 is 11.8 Å². The molecule has 0 radical (unpaired) electrons. The number of carbonyl (C=O) groups excluding carboxylic acids is 1. The Kier molecular flexibility index (Phi) is 4.49. The zero-order chi connectivity index (χ0) is 11.5. The first-order chi connectivity index (χ1) is 6.88. The quantitative estimate of drug-likeness (QED) is 0.749. The molecule has 0 aromatic rings. The number of ketones is 1. The van der Waals surface area contributed by atoms with E-state index >= 15 is 0 Å². The van der Waals surface area contributed by atoms with Crippen molar-refractivity contribution in [1.29, 1.82) is 0 Å². The van der Waals surface area contributed by atoms with Crippen molar-refractivity contribution in [2.45, 2.75) is 38.1 Å². The van der Waals surface area contributed by atoms with Crippen LogP contribution in [0, 0.1) is 11.8 Å². The Hall–Kier alpha value is -0.190. The van der Waals surface area contributed by atoms with Gasteiger partial charge in [0.15, 0.2) is 0 Å². The van der Waals surface area contributed by atoms with Gasteiger partial charge in [0.05, 0.1) is 0 Å². The first kappa shape index (κ1) is 12.9. The first-order valence-corrected chi connectivity index (χ1v) is 6.10. The second-order valence-electron chi connectivity index (χ2n) is 4.13. The highest BCUT2D eigenvalue weighted by atomic mass is 32.2. The molecule has 1 nitrogen and oxygen atoms in total. The minimum Gasteiger partial charge on any atom is -0.299 e.